The number of aldehydes is 1. The van der Waals surface area contributed by atoms with Crippen LogP contribution in [0.1, 0.15) is 5.56 Å². The fourth-order valence-corrected chi connectivity index (χ4v) is 0.858. The van der Waals surface area contributed by atoms with Crippen LogP contribution in [0.5, 0.6) is 0 Å². The first kappa shape index (κ1) is 12.9. The van der Waals surface area contributed by atoms with Crippen molar-refractivity contribution in [1.29, 1.82) is 0 Å². The molecule has 1 rings (SSSR count). The van der Waals surface area contributed by atoms with Crippen LogP contribution in [0, 0.1) is 0 Å². The lowest BCUT2D eigenvalue weighted by Crippen LogP contribution is -1.89. The standard InChI is InChI=1S/C9H7ClO.C2H7N/c1-7(6-11)8-2-4-9(10)5-3-8;1-3-2/h2-6H,1H2;3H,1-2H3. The van der Waals surface area contributed by atoms with Gasteiger partial charge in [0.2, 0.25) is 0 Å². The maximum atomic E-state index is 10.3. The molecule has 0 bridgehead atoms. The summed E-state index contributed by atoms with van der Waals surface area (Å²) < 4.78 is 0. The molecule has 0 aliphatic heterocycles. The fraction of sp³-hybridized carbons (Fsp3) is 0.182. The van der Waals surface area contributed by atoms with E-state index in [0.717, 1.165) is 11.8 Å². The highest BCUT2D eigenvalue weighted by Crippen LogP contribution is 2.13. The highest BCUT2D eigenvalue weighted by atomic mass is 35.5. The van der Waals surface area contributed by atoms with Crippen molar-refractivity contribution in [2.75, 3.05) is 14.1 Å². The van der Waals surface area contributed by atoms with Crippen LogP contribution in [0.3, 0.4) is 0 Å². The lowest BCUT2D eigenvalue weighted by Gasteiger charge is -1.96. The molecular formula is C11H14ClNO. The molecule has 0 aliphatic rings. The summed E-state index contributed by atoms with van der Waals surface area (Å²) in [4.78, 5) is 10.3. The summed E-state index contributed by atoms with van der Waals surface area (Å²) in [7, 11) is 3.75. The largest absolute Gasteiger partial charge is 0.323 e. The van der Waals surface area contributed by atoms with Gasteiger partial charge in [-0.25, -0.2) is 0 Å². The lowest BCUT2D eigenvalue weighted by molar-refractivity contribution is -0.103. The molecule has 1 aromatic carbocycles. The maximum Gasteiger partial charge on any atom is 0.150 e. The zero-order chi connectivity index (χ0) is 11.0. The topological polar surface area (TPSA) is 29.1 Å². The highest BCUT2D eigenvalue weighted by Gasteiger charge is 1.94. The lowest BCUT2D eigenvalue weighted by atomic mass is 10.1. The molecule has 1 aromatic rings. The molecule has 0 atom stereocenters. The first-order valence-electron chi connectivity index (χ1n) is 4.14. The number of hydrogen-bond donors (Lipinski definition) is 1. The molecule has 14 heavy (non-hydrogen) atoms. The Bertz CT molecular complexity index is 293. The summed E-state index contributed by atoms with van der Waals surface area (Å²) in [5.41, 5.74) is 1.28. The van der Waals surface area contributed by atoms with Gasteiger partial charge in [0, 0.05) is 10.6 Å². The van der Waals surface area contributed by atoms with Gasteiger partial charge in [-0.1, -0.05) is 30.3 Å². The minimum atomic E-state index is 0.474. The minimum Gasteiger partial charge on any atom is -0.323 e. The van der Waals surface area contributed by atoms with Crippen molar-refractivity contribution in [3.63, 3.8) is 0 Å². The number of nitrogens with one attached hydrogen (secondary N) is 1. The van der Waals surface area contributed by atoms with Crippen LogP contribution in [0.2, 0.25) is 5.02 Å². The van der Waals surface area contributed by atoms with E-state index in [2.05, 4.69) is 11.9 Å². The van der Waals surface area contributed by atoms with E-state index >= 15 is 0 Å². The number of halogens is 1. The second kappa shape index (κ2) is 7.30. The molecular weight excluding hydrogens is 198 g/mol. The van der Waals surface area contributed by atoms with Crippen molar-refractivity contribution in [1.82, 2.24) is 5.32 Å². The number of carbonyl (C=O) groups excluding carboxylic acids is 1. The SMILES string of the molecule is C=C(C=O)c1ccc(Cl)cc1.CNC. The Labute approximate surface area is 89.6 Å². The van der Waals surface area contributed by atoms with Crippen molar-refractivity contribution in [2.24, 2.45) is 0 Å². The van der Waals surface area contributed by atoms with Crippen LogP contribution >= 0.6 is 11.6 Å². The zero-order valence-electron chi connectivity index (χ0n) is 8.38. The number of allylic oxidation sites excluding steroid dienone is 1. The number of rotatable bonds is 2. The van der Waals surface area contributed by atoms with Crippen LogP contribution in [0.25, 0.3) is 5.57 Å². The molecule has 0 radical (unpaired) electrons. The normalized spacial score (nSPS) is 8.50. The number of benzene rings is 1. The molecule has 0 spiro atoms. The van der Waals surface area contributed by atoms with E-state index in [-0.39, 0.29) is 0 Å². The number of hydrogen-bond acceptors (Lipinski definition) is 2. The van der Waals surface area contributed by atoms with E-state index in [0.29, 0.717) is 10.6 Å². The Kier molecular flexibility index (Phi) is 6.72. The van der Waals surface area contributed by atoms with Crippen LogP contribution in [0.4, 0.5) is 0 Å². The molecule has 1 N–H and O–H groups in total. The van der Waals surface area contributed by atoms with Crippen molar-refractivity contribution in [3.8, 4) is 0 Å². The fourth-order valence-electron chi connectivity index (χ4n) is 0.732. The Hall–Kier alpha value is -1.12. The van der Waals surface area contributed by atoms with Gasteiger partial charge in [0.1, 0.15) is 6.29 Å². The molecule has 0 unspecified atom stereocenters. The van der Waals surface area contributed by atoms with E-state index in [4.69, 9.17) is 11.6 Å². The van der Waals surface area contributed by atoms with Gasteiger partial charge in [-0.15, -0.1) is 0 Å². The van der Waals surface area contributed by atoms with Gasteiger partial charge in [0.05, 0.1) is 0 Å². The Balaban J connectivity index is 0.000000500. The molecule has 76 valence electrons. The van der Waals surface area contributed by atoms with Gasteiger partial charge < -0.3 is 5.32 Å². The monoisotopic (exact) mass is 211 g/mol. The van der Waals surface area contributed by atoms with Gasteiger partial charge in [-0.3, -0.25) is 4.79 Å². The molecule has 2 nitrogen and oxygen atoms in total. The summed E-state index contributed by atoms with van der Waals surface area (Å²) in [6.07, 6.45) is 0.725. The van der Waals surface area contributed by atoms with Gasteiger partial charge in [-0.05, 0) is 31.8 Å². The summed E-state index contributed by atoms with van der Waals surface area (Å²) in [5.74, 6) is 0. The van der Waals surface area contributed by atoms with Gasteiger partial charge in [0.25, 0.3) is 0 Å². The molecule has 0 heterocycles. The molecule has 0 saturated heterocycles. The van der Waals surface area contributed by atoms with Crippen LogP contribution < -0.4 is 5.32 Å². The third-order valence-electron chi connectivity index (χ3n) is 1.36. The van der Waals surface area contributed by atoms with E-state index in [9.17, 15) is 4.79 Å². The van der Waals surface area contributed by atoms with Crippen LogP contribution in [0.15, 0.2) is 30.8 Å². The second-order valence-electron chi connectivity index (χ2n) is 2.65. The van der Waals surface area contributed by atoms with Crippen LogP contribution in [-0.4, -0.2) is 20.4 Å². The predicted octanol–water partition coefficient (Wildman–Crippen LogP) is 2.39. The van der Waals surface area contributed by atoms with Gasteiger partial charge in [0.15, 0.2) is 0 Å². The predicted molar refractivity (Wildman–Crippen MR) is 61.5 cm³/mol. The van der Waals surface area contributed by atoms with Crippen molar-refractivity contribution in [3.05, 3.63) is 41.4 Å². The average Bonchev–Trinajstić information content (AvgIpc) is 2.19. The highest BCUT2D eigenvalue weighted by molar-refractivity contribution is 6.30. The smallest absolute Gasteiger partial charge is 0.150 e. The first-order valence-corrected chi connectivity index (χ1v) is 4.52. The van der Waals surface area contributed by atoms with Crippen molar-refractivity contribution >= 4 is 23.5 Å². The summed E-state index contributed by atoms with van der Waals surface area (Å²) in [6, 6.07) is 6.98. The minimum absolute atomic E-state index is 0.474. The Morgan fingerprint density at radius 1 is 1.36 bits per heavy atom. The van der Waals surface area contributed by atoms with E-state index < -0.39 is 0 Å². The molecule has 3 heteroatoms. The molecule has 0 saturated carbocycles. The second-order valence-corrected chi connectivity index (χ2v) is 3.09. The van der Waals surface area contributed by atoms with Crippen molar-refractivity contribution in [2.45, 2.75) is 0 Å². The van der Waals surface area contributed by atoms with Crippen LogP contribution in [-0.2, 0) is 4.79 Å². The molecule has 0 amide bonds. The van der Waals surface area contributed by atoms with E-state index in [1.54, 1.807) is 24.3 Å². The van der Waals surface area contributed by atoms with Gasteiger partial charge in [-0.2, -0.15) is 0 Å². The third-order valence-corrected chi connectivity index (χ3v) is 1.61. The summed E-state index contributed by atoms with van der Waals surface area (Å²) in [6.45, 7) is 3.56. The number of carbonyl (C=O) groups is 1. The van der Waals surface area contributed by atoms with Gasteiger partial charge >= 0.3 is 0 Å². The summed E-state index contributed by atoms with van der Waals surface area (Å²) in [5, 5.41) is 3.41. The van der Waals surface area contributed by atoms with E-state index in [1.807, 2.05) is 14.1 Å². The first-order chi connectivity index (χ1) is 6.65. The molecule has 0 aliphatic carbocycles. The third kappa shape index (κ3) is 4.80. The van der Waals surface area contributed by atoms with E-state index in [1.165, 1.54) is 0 Å². The average molecular weight is 212 g/mol. The van der Waals surface area contributed by atoms with Crippen molar-refractivity contribution < 1.29 is 4.79 Å². The summed E-state index contributed by atoms with van der Waals surface area (Å²) >= 11 is 5.64. The maximum absolute atomic E-state index is 10.3. The Morgan fingerprint density at radius 3 is 2.14 bits per heavy atom. The Morgan fingerprint density at radius 2 is 1.79 bits per heavy atom. The molecule has 0 aromatic heterocycles. The zero-order valence-corrected chi connectivity index (χ0v) is 9.14. The molecule has 0 fully saturated rings. The quantitative estimate of drug-likeness (QED) is 0.601.